The van der Waals surface area contributed by atoms with Crippen LogP contribution in [0.1, 0.15) is 59.7 Å². The minimum Gasteiger partial charge on any atom is -0.482 e. The molecule has 0 spiro atoms. The van der Waals surface area contributed by atoms with Gasteiger partial charge in [-0.1, -0.05) is 42.5 Å². The number of anilines is 1. The van der Waals surface area contributed by atoms with Crippen LogP contribution in [-0.4, -0.2) is 26.4 Å². The van der Waals surface area contributed by atoms with Gasteiger partial charge in [0, 0.05) is 11.4 Å². The van der Waals surface area contributed by atoms with Gasteiger partial charge in [-0.2, -0.15) is 5.26 Å². The van der Waals surface area contributed by atoms with Gasteiger partial charge in [0.15, 0.2) is 17.1 Å². The highest BCUT2D eigenvalue weighted by atomic mass is 32.2. The lowest BCUT2D eigenvalue weighted by atomic mass is 10.1. The van der Waals surface area contributed by atoms with Crippen LogP contribution in [0.3, 0.4) is 0 Å². The molecule has 0 bridgehead atoms. The normalized spacial score (nSPS) is 13.9. The number of aromatic nitrogens is 3. The molecule has 1 N–H and O–H groups in total. The van der Waals surface area contributed by atoms with Gasteiger partial charge in [0.05, 0.1) is 11.3 Å². The number of nitriles is 1. The number of aryl methyl sites for hydroxylation is 2. The van der Waals surface area contributed by atoms with Crippen LogP contribution < -0.4 is 10.1 Å². The average Bonchev–Trinajstić information content (AvgIpc) is 3.31. The summed E-state index contributed by atoms with van der Waals surface area (Å²) < 4.78 is 8.05. The van der Waals surface area contributed by atoms with Gasteiger partial charge < -0.3 is 10.1 Å². The van der Waals surface area contributed by atoms with E-state index in [1.165, 1.54) is 23.1 Å². The Bertz CT molecular complexity index is 1260. The van der Waals surface area contributed by atoms with Crippen molar-refractivity contribution in [2.45, 2.75) is 63.8 Å². The van der Waals surface area contributed by atoms with E-state index in [0.29, 0.717) is 28.1 Å². The molecule has 1 aliphatic rings. The fraction of sp³-hybridized carbons (Fsp3) is 0.385. The van der Waals surface area contributed by atoms with Crippen LogP contribution in [0.15, 0.2) is 42.1 Å². The van der Waals surface area contributed by atoms with Gasteiger partial charge in [0.25, 0.3) is 0 Å². The van der Waals surface area contributed by atoms with Crippen LogP contribution in [0.25, 0.3) is 0 Å². The van der Waals surface area contributed by atoms with Crippen LogP contribution in [0.2, 0.25) is 0 Å². The number of rotatable bonds is 9. The summed E-state index contributed by atoms with van der Waals surface area (Å²) >= 11 is 2.85. The van der Waals surface area contributed by atoms with Gasteiger partial charge in [-0.05, 0) is 56.7 Å². The zero-order valence-corrected chi connectivity index (χ0v) is 21.7. The average molecular weight is 508 g/mol. The molecule has 2 heterocycles. The number of fused-ring (bicyclic) bond motifs is 1. The molecule has 0 saturated heterocycles. The fourth-order valence-corrected chi connectivity index (χ4v) is 6.19. The third-order valence-corrected chi connectivity index (χ3v) is 8.11. The van der Waals surface area contributed by atoms with E-state index < -0.39 is 0 Å². The number of carbonyl (C=O) groups excluding carboxylic acids is 1. The second-order valence-electron chi connectivity index (χ2n) is 8.48. The molecule has 1 aromatic carbocycles. The number of nitrogens with one attached hydrogen (secondary N) is 1. The molecule has 3 aromatic rings. The van der Waals surface area contributed by atoms with Crippen molar-refractivity contribution in [2.75, 3.05) is 11.1 Å². The van der Waals surface area contributed by atoms with Gasteiger partial charge in [0.1, 0.15) is 16.8 Å². The van der Waals surface area contributed by atoms with Crippen molar-refractivity contribution >= 4 is 34.0 Å². The molecule has 0 fully saturated rings. The Balaban J connectivity index is 1.44. The summed E-state index contributed by atoms with van der Waals surface area (Å²) in [6, 6.07) is 10.2. The molecule has 1 aliphatic carbocycles. The van der Waals surface area contributed by atoms with E-state index in [0.717, 1.165) is 42.6 Å². The summed E-state index contributed by atoms with van der Waals surface area (Å²) in [5.41, 5.74) is 2.79. The lowest BCUT2D eigenvalue weighted by Gasteiger charge is -2.17. The maximum absolute atomic E-state index is 12.8. The number of hydrogen-bond donors (Lipinski definition) is 1. The standard InChI is InChI=1S/C26H29N5O2S2/c1-4-14-31-24(18(3)33-21-12-9-8-10-17(21)2)29-30-26(31)34-16-23(32)28-25-20(15-27)19-11-6-5-7-13-22(19)35-25/h4,8-10,12,18H,1,5-7,11,13-14,16H2,2-3H3,(H,28,32). The van der Waals surface area contributed by atoms with E-state index in [9.17, 15) is 10.1 Å². The zero-order chi connectivity index (χ0) is 24.8. The Morgan fingerprint density at radius 3 is 2.91 bits per heavy atom. The number of thioether (sulfide) groups is 1. The fourth-order valence-electron chi connectivity index (χ4n) is 4.18. The molecule has 1 unspecified atom stereocenters. The van der Waals surface area contributed by atoms with Gasteiger partial charge >= 0.3 is 0 Å². The molecule has 0 radical (unpaired) electrons. The number of ether oxygens (including phenoxy) is 1. The van der Waals surface area contributed by atoms with Crippen molar-refractivity contribution in [3.05, 3.63) is 64.3 Å². The van der Waals surface area contributed by atoms with Crippen LogP contribution in [-0.2, 0) is 24.2 Å². The minimum absolute atomic E-state index is 0.162. The summed E-state index contributed by atoms with van der Waals surface area (Å²) in [5, 5.41) is 22.6. The highest BCUT2D eigenvalue weighted by Gasteiger charge is 2.23. The summed E-state index contributed by atoms with van der Waals surface area (Å²) in [6.07, 6.45) is 6.75. The predicted octanol–water partition coefficient (Wildman–Crippen LogP) is 5.85. The van der Waals surface area contributed by atoms with Crippen molar-refractivity contribution in [3.8, 4) is 11.8 Å². The predicted molar refractivity (Wildman–Crippen MR) is 140 cm³/mol. The summed E-state index contributed by atoms with van der Waals surface area (Å²) in [4.78, 5) is 14.0. The van der Waals surface area contributed by atoms with E-state index in [4.69, 9.17) is 4.74 Å². The lowest BCUT2D eigenvalue weighted by molar-refractivity contribution is -0.113. The lowest BCUT2D eigenvalue weighted by Crippen LogP contribution is -2.15. The molecule has 7 nitrogen and oxygen atoms in total. The van der Waals surface area contributed by atoms with E-state index in [1.807, 2.05) is 42.7 Å². The van der Waals surface area contributed by atoms with Crippen molar-refractivity contribution in [1.82, 2.24) is 14.8 Å². The first kappa shape index (κ1) is 25.0. The van der Waals surface area contributed by atoms with Crippen LogP contribution in [0.5, 0.6) is 5.75 Å². The number of carbonyl (C=O) groups is 1. The summed E-state index contributed by atoms with van der Waals surface area (Å²) in [7, 11) is 0. The maximum Gasteiger partial charge on any atom is 0.235 e. The smallest absolute Gasteiger partial charge is 0.235 e. The Hall–Kier alpha value is -3.09. The first-order valence-electron chi connectivity index (χ1n) is 11.7. The van der Waals surface area contributed by atoms with E-state index in [1.54, 1.807) is 17.4 Å². The van der Waals surface area contributed by atoms with Gasteiger partial charge in [0.2, 0.25) is 5.91 Å². The number of nitrogens with zero attached hydrogens (tertiary/aromatic N) is 4. The summed E-state index contributed by atoms with van der Waals surface area (Å²) in [6.45, 7) is 8.28. The van der Waals surface area contributed by atoms with Crippen molar-refractivity contribution < 1.29 is 9.53 Å². The number of para-hydroxylation sites is 1. The van der Waals surface area contributed by atoms with E-state index in [-0.39, 0.29) is 17.8 Å². The molecular formula is C26H29N5O2S2. The highest BCUT2D eigenvalue weighted by molar-refractivity contribution is 7.99. The third kappa shape index (κ3) is 5.77. The monoisotopic (exact) mass is 507 g/mol. The van der Waals surface area contributed by atoms with Crippen LogP contribution in [0, 0.1) is 18.3 Å². The zero-order valence-electron chi connectivity index (χ0n) is 20.0. The molecular weight excluding hydrogens is 478 g/mol. The first-order chi connectivity index (χ1) is 17.0. The van der Waals surface area contributed by atoms with E-state index in [2.05, 4.69) is 28.2 Å². The number of benzene rings is 1. The second-order valence-corrected chi connectivity index (χ2v) is 10.5. The Kier molecular flexibility index (Phi) is 8.26. The SMILES string of the molecule is C=CCn1c(SCC(=O)Nc2sc3c(c2C#N)CCCCC3)nnc1C(C)Oc1ccccc1C. The van der Waals surface area contributed by atoms with Gasteiger partial charge in [-0.25, -0.2) is 0 Å². The van der Waals surface area contributed by atoms with Crippen LogP contribution in [0.4, 0.5) is 5.00 Å². The molecule has 4 rings (SSSR count). The first-order valence-corrected chi connectivity index (χ1v) is 13.6. The highest BCUT2D eigenvalue weighted by Crippen LogP contribution is 2.37. The quantitative estimate of drug-likeness (QED) is 0.222. The molecule has 0 saturated carbocycles. The summed E-state index contributed by atoms with van der Waals surface area (Å²) in [5.74, 6) is 1.46. The topological polar surface area (TPSA) is 92.8 Å². The molecule has 0 aliphatic heterocycles. The molecule has 1 atom stereocenters. The maximum atomic E-state index is 12.8. The second kappa shape index (κ2) is 11.6. The Labute approximate surface area is 214 Å². The Morgan fingerprint density at radius 1 is 1.34 bits per heavy atom. The largest absolute Gasteiger partial charge is 0.482 e. The van der Waals surface area contributed by atoms with Crippen molar-refractivity contribution in [1.29, 1.82) is 5.26 Å². The molecule has 9 heteroatoms. The minimum atomic E-state index is -0.327. The number of amides is 1. The van der Waals surface area contributed by atoms with Gasteiger partial charge in [-0.15, -0.1) is 28.1 Å². The number of hydrogen-bond acceptors (Lipinski definition) is 7. The number of thiophene rings is 1. The molecule has 1 amide bonds. The van der Waals surface area contributed by atoms with Crippen molar-refractivity contribution in [3.63, 3.8) is 0 Å². The van der Waals surface area contributed by atoms with E-state index >= 15 is 0 Å². The molecule has 182 valence electrons. The van der Waals surface area contributed by atoms with Gasteiger partial charge in [-0.3, -0.25) is 9.36 Å². The van der Waals surface area contributed by atoms with Crippen LogP contribution >= 0.6 is 23.1 Å². The third-order valence-electron chi connectivity index (χ3n) is 5.94. The molecule has 35 heavy (non-hydrogen) atoms. The van der Waals surface area contributed by atoms with Crippen molar-refractivity contribution in [2.24, 2.45) is 0 Å². The number of allylic oxidation sites excluding steroid dienone is 1. The Morgan fingerprint density at radius 2 is 2.14 bits per heavy atom. The molecule has 2 aromatic heterocycles.